The van der Waals surface area contributed by atoms with Crippen molar-refractivity contribution in [3.8, 4) is 0 Å². The van der Waals surface area contributed by atoms with Crippen molar-refractivity contribution >= 4 is 0 Å². The lowest BCUT2D eigenvalue weighted by Crippen LogP contribution is -2.26. The first-order valence-electron chi connectivity index (χ1n) is 5.93. The fourth-order valence-electron chi connectivity index (χ4n) is 3.01. The molecule has 2 nitrogen and oxygen atoms in total. The first-order valence-corrected chi connectivity index (χ1v) is 5.93. The minimum absolute atomic E-state index is 0.180. The highest BCUT2D eigenvalue weighted by atomic mass is 19.4. The van der Waals surface area contributed by atoms with Crippen LogP contribution in [0.1, 0.15) is 25.7 Å². The molecule has 1 saturated heterocycles. The van der Waals surface area contributed by atoms with E-state index < -0.39 is 12.6 Å². The molecule has 0 aromatic rings. The second-order valence-corrected chi connectivity index (χ2v) is 5.05. The molecule has 0 spiro atoms. The second-order valence-electron chi connectivity index (χ2n) is 5.05. The third-order valence-electron chi connectivity index (χ3n) is 3.83. The summed E-state index contributed by atoms with van der Waals surface area (Å²) in [6.07, 6.45) is -2.87. The van der Waals surface area contributed by atoms with E-state index in [1.54, 1.807) is 0 Å². The van der Waals surface area contributed by atoms with Crippen LogP contribution in [0.2, 0.25) is 0 Å². The van der Waals surface area contributed by atoms with Crippen molar-refractivity contribution in [2.45, 2.75) is 38.0 Å². The van der Waals surface area contributed by atoms with E-state index >= 15 is 0 Å². The Balaban J connectivity index is 1.70. The van der Waals surface area contributed by atoms with Gasteiger partial charge in [-0.25, -0.2) is 0 Å². The molecule has 2 fully saturated rings. The summed E-state index contributed by atoms with van der Waals surface area (Å²) < 4.78 is 35.9. The lowest BCUT2D eigenvalue weighted by molar-refractivity contribution is -0.136. The molecule has 0 aromatic heterocycles. The highest BCUT2D eigenvalue weighted by molar-refractivity contribution is 4.93. The predicted molar refractivity (Wildman–Crippen MR) is 53.9 cm³/mol. The van der Waals surface area contributed by atoms with E-state index in [9.17, 15) is 18.3 Å². The average molecular weight is 237 g/mol. The molecule has 2 aliphatic rings. The molecule has 0 bridgehead atoms. The van der Waals surface area contributed by atoms with E-state index in [0.717, 1.165) is 25.9 Å². The summed E-state index contributed by atoms with van der Waals surface area (Å²) in [5.41, 5.74) is 0. The number of hydrogen-bond donors (Lipinski definition) is 1. The van der Waals surface area contributed by atoms with Crippen molar-refractivity contribution in [3.05, 3.63) is 0 Å². The number of alkyl halides is 3. The topological polar surface area (TPSA) is 23.5 Å². The van der Waals surface area contributed by atoms with E-state index in [1.165, 1.54) is 0 Å². The lowest BCUT2D eigenvalue weighted by atomic mass is 10.00. The molecule has 5 heteroatoms. The van der Waals surface area contributed by atoms with Crippen molar-refractivity contribution in [2.75, 3.05) is 19.6 Å². The van der Waals surface area contributed by atoms with Gasteiger partial charge in [0, 0.05) is 25.4 Å². The number of rotatable bonds is 3. The summed E-state index contributed by atoms with van der Waals surface area (Å²) in [6, 6.07) is 0. The summed E-state index contributed by atoms with van der Waals surface area (Å²) in [6.45, 7) is 2.17. The first kappa shape index (κ1) is 12.2. The predicted octanol–water partition coefficient (Wildman–Crippen LogP) is 2.03. The Morgan fingerprint density at radius 2 is 1.94 bits per heavy atom. The number of likely N-dealkylation sites (tertiary alicyclic amines) is 1. The Morgan fingerprint density at radius 1 is 1.19 bits per heavy atom. The normalized spacial score (nSPS) is 35.6. The van der Waals surface area contributed by atoms with E-state index in [4.69, 9.17) is 0 Å². The van der Waals surface area contributed by atoms with E-state index in [-0.39, 0.29) is 12.5 Å². The molecule has 0 radical (unpaired) electrons. The number of aliphatic hydroxyl groups excluding tert-OH is 1. The zero-order valence-corrected chi connectivity index (χ0v) is 9.21. The van der Waals surface area contributed by atoms with Gasteiger partial charge in [-0.3, -0.25) is 0 Å². The molecular weight excluding hydrogens is 219 g/mol. The molecule has 1 aliphatic carbocycles. The van der Waals surface area contributed by atoms with Gasteiger partial charge in [-0.05, 0) is 31.7 Å². The maximum atomic E-state index is 12.0. The van der Waals surface area contributed by atoms with Gasteiger partial charge in [-0.1, -0.05) is 0 Å². The molecule has 0 aromatic carbocycles. The van der Waals surface area contributed by atoms with Crippen molar-refractivity contribution in [1.82, 2.24) is 4.90 Å². The highest BCUT2D eigenvalue weighted by Crippen LogP contribution is 2.38. The fraction of sp³-hybridized carbons (Fsp3) is 1.00. The van der Waals surface area contributed by atoms with Gasteiger partial charge in [-0.15, -0.1) is 0 Å². The van der Waals surface area contributed by atoms with Crippen LogP contribution in [-0.4, -0.2) is 41.9 Å². The molecule has 1 aliphatic heterocycles. The van der Waals surface area contributed by atoms with Crippen molar-refractivity contribution in [3.63, 3.8) is 0 Å². The van der Waals surface area contributed by atoms with Crippen molar-refractivity contribution in [2.24, 2.45) is 11.8 Å². The number of fused-ring (bicyclic) bond motifs is 1. The summed E-state index contributed by atoms with van der Waals surface area (Å²) in [5.74, 6) is 0.826. The standard InChI is InChI=1S/C11H18F3NO/c12-11(13,14)4-1-5-15-6-8-2-3-10(16)9(8)7-15/h8-10,16H,1-7H2. The van der Waals surface area contributed by atoms with E-state index in [0.29, 0.717) is 18.4 Å². The van der Waals surface area contributed by atoms with Gasteiger partial charge in [-0.2, -0.15) is 13.2 Å². The molecule has 3 atom stereocenters. The molecule has 16 heavy (non-hydrogen) atoms. The van der Waals surface area contributed by atoms with Crippen LogP contribution in [0.25, 0.3) is 0 Å². The molecule has 1 N–H and O–H groups in total. The largest absolute Gasteiger partial charge is 0.393 e. The highest BCUT2D eigenvalue weighted by Gasteiger charge is 2.41. The molecule has 94 valence electrons. The zero-order chi connectivity index (χ0) is 11.8. The maximum absolute atomic E-state index is 12.0. The first-order chi connectivity index (χ1) is 7.46. The zero-order valence-electron chi connectivity index (χ0n) is 9.21. The van der Waals surface area contributed by atoms with Gasteiger partial charge in [0.2, 0.25) is 0 Å². The minimum Gasteiger partial charge on any atom is -0.393 e. The number of nitrogens with zero attached hydrogens (tertiary/aromatic N) is 1. The van der Waals surface area contributed by atoms with Crippen LogP contribution < -0.4 is 0 Å². The van der Waals surface area contributed by atoms with Gasteiger partial charge >= 0.3 is 6.18 Å². The Labute approximate surface area is 93.4 Å². The van der Waals surface area contributed by atoms with E-state index in [2.05, 4.69) is 4.90 Å². The van der Waals surface area contributed by atoms with Crippen LogP contribution in [0.3, 0.4) is 0 Å². The Hall–Kier alpha value is -0.290. The smallest absolute Gasteiger partial charge is 0.389 e. The van der Waals surface area contributed by atoms with Crippen molar-refractivity contribution < 1.29 is 18.3 Å². The quantitative estimate of drug-likeness (QED) is 0.812. The molecule has 3 unspecified atom stereocenters. The average Bonchev–Trinajstić information content (AvgIpc) is 2.67. The maximum Gasteiger partial charge on any atom is 0.389 e. The minimum atomic E-state index is -4.03. The molecule has 1 saturated carbocycles. The summed E-state index contributed by atoms with van der Waals surface area (Å²) in [7, 11) is 0. The number of hydrogen-bond acceptors (Lipinski definition) is 2. The third-order valence-corrected chi connectivity index (χ3v) is 3.83. The van der Waals surface area contributed by atoms with Gasteiger partial charge in [0.15, 0.2) is 0 Å². The molecule has 0 amide bonds. The Morgan fingerprint density at radius 3 is 2.56 bits per heavy atom. The van der Waals surface area contributed by atoms with Crippen LogP contribution in [0.4, 0.5) is 13.2 Å². The van der Waals surface area contributed by atoms with Crippen LogP contribution in [-0.2, 0) is 0 Å². The summed E-state index contributed by atoms with van der Waals surface area (Å²) in [4.78, 5) is 2.07. The van der Waals surface area contributed by atoms with E-state index in [1.807, 2.05) is 0 Å². The van der Waals surface area contributed by atoms with Gasteiger partial charge in [0.25, 0.3) is 0 Å². The number of aliphatic hydroxyl groups is 1. The third kappa shape index (κ3) is 2.88. The van der Waals surface area contributed by atoms with Crippen LogP contribution in [0.15, 0.2) is 0 Å². The molecule has 1 heterocycles. The van der Waals surface area contributed by atoms with Crippen LogP contribution in [0.5, 0.6) is 0 Å². The van der Waals surface area contributed by atoms with Crippen molar-refractivity contribution in [1.29, 1.82) is 0 Å². The second kappa shape index (κ2) is 4.53. The molecule has 2 rings (SSSR count). The number of halogens is 3. The van der Waals surface area contributed by atoms with Gasteiger partial charge < -0.3 is 10.0 Å². The summed E-state index contributed by atoms with van der Waals surface area (Å²) >= 11 is 0. The molecular formula is C11H18F3NO. The van der Waals surface area contributed by atoms with Crippen LogP contribution >= 0.6 is 0 Å². The monoisotopic (exact) mass is 237 g/mol. The Kier molecular flexibility index (Phi) is 3.45. The van der Waals surface area contributed by atoms with Gasteiger partial charge in [0.1, 0.15) is 0 Å². The lowest BCUT2D eigenvalue weighted by Gasteiger charge is -2.18. The van der Waals surface area contributed by atoms with Crippen LogP contribution in [0, 0.1) is 11.8 Å². The van der Waals surface area contributed by atoms with Gasteiger partial charge in [0.05, 0.1) is 6.10 Å². The SMILES string of the molecule is OC1CCC2CN(CCCC(F)(F)F)CC12. The Bertz CT molecular complexity index is 244. The summed E-state index contributed by atoms with van der Waals surface area (Å²) in [5, 5.41) is 9.67. The fourth-order valence-corrected chi connectivity index (χ4v) is 3.01.